The Morgan fingerprint density at radius 1 is 0.867 bits per heavy atom. The van der Waals surface area contributed by atoms with Crippen LogP contribution in [0.3, 0.4) is 0 Å². The van der Waals surface area contributed by atoms with Gasteiger partial charge in [0.1, 0.15) is 5.75 Å². The van der Waals surface area contributed by atoms with E-state index in [0.29, 0.717) is 11.1 Å². The van der Waals surface area contributed by atoms with E-state index in [2.05, 4.69) is 15.4 Å². The maximum atomic E-state index is 12.3. The number of fused-ring (bicyclic) bond motifs is 1. The number of halogens is 3. The van der Waals surface area contributed by atoms with Crippen LogP contribution in [0.5, 0.6) is 5.75 Å². The Bertz CT molecular complexity index is 1030. The first-order valence-corrected chi connectivity index (χ1v) is 9.12. The highest BCUT2D eigenvalue weighted by Gasteiger charge is 2.28. The first-order valence-electron chi connectivity index (χ1n) is 9.12. The largest absolute Gasteiger partial charge is 0.484 e. The summed E-state index contributed by atoms with van der Waals surface area (Å²) in [6.45, 7) is -1.39. The number of nitrogens with one attached hydrogen (secondary N) is 2. The summed E-state index contributed by atoms with van der Waals surface area (Å²) in [6, 6.07) is 18.8. The van der Waals surface area contributed by atoms with Gasteiger partial charge in [-0.05, 0) is 40.6 Å². The van der Waals surface area contributed by atoms with Gasteiger partial charge in [-0.1, -0.05) is 42.5 Å². The van der Waals surface area contributed by atoms with Crippen LogP contribution in [-0.2, 0) is 11.3 Å². The van der Waals surface area contributed by atoms with E-state index in [1.54, 1.807) is 24.3 Å². The third-order valence-electron chi connectivity index (χ3n) is 4.24. The van der Waals surface area contributed by atoms with Gasteiger partial charge in [0.2, 0.25) is 5.91 Å². The molecule has 0 spiro atoms. The van der Waals surface area contributed by atoms with Gasteiger partial charge in [0, 0.05) is 12.1 Å². The molecule has 0 aliphatic rings. The molecule has 0 fully saturated rings. The van der Waals surface area contributed by atoms with E-state index in [4.69, 9.17) is 0 Å². The van der Waals surface area contributed by atoms with Crippen molar-refractivity contribution in [3.8, 4) is 5.75 Å². The normalized spacial score (nSPS) is 11.2. The number of amides is 2. The van der Waals surface area contributed by atoms with Crippen LogP contribution in [0.25, 0.3) is 10.8 Å². The minimum atomic E-state index is -4.40. The molecule has 3 rings (SSSR count). The van der Waals surface area contributed by atoms with Crippen LogP contribution in [0, 0.1) is 0 Å². The van der Waals surface area contributed by atoms with Crippen LogP contribution in [-0.4, -0.2) is 31.1 Å². The first kappa shape index (κ1) is 21.2. The van der Waals surface area contributed by atoms with E-state index in [9.17, 15) is 22.8 Å². The number of benzene rings is 3. The first-order chi connectivity index (χ1) is 14.3. The Balaban J connectivity index is 1.44. The highest BCUT2D eigenvalue weighted by atomic mass is 19.4. The molecule has 8 heteroatoms. The third-order valence-corrected chi connectivity index (χ3v) is 4.24. The van der Waals surface area contributed by atoms with Crippen LogP contribution in [0.15, 0.2) is 66.7 Å². The molecule has 3 aromatic carbocycles. The van der Waals surface area contributed by atoms with Crippen molar-refractivity contribution in [3.05, 3.63) is 77.9 Å². The summed E-state index contributed by atoms with van der Waals surface area (Å²) in [4.78, 5) is 24.2. The second-order valence-electron chi connectivity index (χ2n) is 6.57. The highest BCUT2D eigenvalue weighted by molar-refractivity contribution is 5.99. The molecule has 2 amide bonds. The summed E-state index contributed by atoms with van der Waals surface area (Å²) < 4.78 is 41.0. The second kappa shape index (κ2) is 9.30. The Hall–Kier alpha value is -3.55. The number of hydrogen-bond acceptors (Lipinski definition) is 3. The fraction of sp³-hybridized carbons (Fsp3) is 0.182. The number of carbonyl (C=O) groups is 2. The van der Waals surface area contributed by atoms with Crippen LogP contribution in [0.1, 0.15) is 15.9 Å². The van der Waals surface area contributed by atoms with E-state index in [1.807, 2.05) is 30.3 Å². The Morgan fingerprint density at radius 3 is 2.27 bits per heavy atom. The molecule has 0 heterocycles. The van der Waals surface area contributed by atoms with Gasteiger partial charge < -0.3 is 15.4 Å². The van der Waals surface area contributed by atoms with E-state index in [0.717, 1.165) is 10.8 Å². The zero-order chi connectivity index (χ0) is 21.6. The lowest BCUT2D eigenvalue weighted by Crippen LogP contribution is -2.36. The lowest BCUT2D eigenvalue weighted by atomic mass is 10.1. The van der Waals surface area contributed by atoms with Crippen molar-refractivity contribution in [2.45, 2.75) is 12.7 Å². The van der Waals surface area contributed by atoms with Crippen LogP contribution in [0.2, 0.25) is 0 Å². The van der Waals surface area contributed by atoms with E-state index in [1.165, 1.54) is 12.1 Å². The summed E-state index contributed by atoms with van der Waals surface area (Å²) in [5, 5.41) is 7.14. The van der Waals surface area contributed by atoms with Crippen molar-refractivity contribution in [3.63, 3.8) is 0 Å². The molecule has 0 bridgehead atoms. The average Bonchev–Trinajstić information content (AvgIpc) is 2.74. The van der Waals surface area contributed by atoms with Gasteiger partial charge in [-0.25, -0.2) is 0 Å². The van der Waals surface area contributed by atoms with Crippen LogP contribution in [0.4, 0.5) is 13.2 Å². The molecule has 3 aromatic rings. The monoisotopic (exact) mass is 416 g/mol. The summed E-state index contributed by atoms with van der Waals surface area (Å²) in [7, 11) is 0. The Kier molecular flexibility index (Phi) is 6.56. The SMILES string of the molecule is O=C(CNC(=O)c1ccc2ccccc2c1)NCc1ccc(OCC(F)(F)F)cc1. The molecular weight excluding hydrogens is 397 g/mol. The van der Waals surface area contributed by atoms with Crippen molar-refractivity contribution < 1.29 is 27.5 Å². The smallest absolute Gasteiger partial charge is 0.422 e. The number of carbonyl (C=O) groups excluding carboxylic acids is 2. The van der Waals surface area contributed by atoms with Crippen molar-refractivity contribution in [1.29, 1.82) is 0 Å². The standard InChI is InChI=1S/C22H19F3N2O3/c23-22(24,25)14-30-19-9-5-15(6-10-19)12-26-20(28)13-27-21(29)18-8-7-16-3-1-2-4-17(16)11-18/h1-11H,12-14H2,(H,26,28)(H,27,29). The third kappa shape index (κ3) is 6.23. The molecule has 0 unspecified atom stereocenters. The van der Waals surface area contributed by atoms with Gasteiger partial charge >= 0.3 is 6.18 Å². The molecule has 5 nitrogen and oxygen atoms in total. The van der Waals surface area contributed by atoms with Gasteiger partial charge in [-0.3, -0.25) is 9.59 Å². The number of hydrogen-bond donors (Lipinski definition) is 2. The predicted octanol–water partition coefficient (Wildman–Crippen LogP) is 3.83. The van der Waals surface area contributed by atoms with Crippen molar-refractivity contribution in [1.82, 2.24) is 10.6 Å². The van der Waals surface area contributed by atoms with Gasteiger partial charge in [0.05, 0.1) is 6.54 Å². The number of rotatable bonds is 7. The fourth-order valence-corrected chi connectivity index (χ4v) is 2.73. The molecule has 156 valence electrons. The minimum Gasteiger partial charge on any atom is -0.484 e. The number of alkyl halides is 3. The molecule has 0 radical (unpaired) electrons. The van der Waals surface area contributed by atoms with Crippen molar-refractivity contribution >= 4 is 22.6 Å². The fourth-order valence-electron chi connectivity index (χ4n) is 2.73. The highest BCUT2D eigenvalue weighted by Crippen LogP contribution is 2.19. The summed E-state index contributed by atoms with van der Waals surface area (Å²) >= 11 is 0. The zero-order valence-corrected chi connectivity index (χ0v) is 15.8. The van der Waals surface area contributed by atoms with Crippen molar-refractivity contribution in [2.75, 3.05) is 13.2 Å². The van der Waals surface area contributed by atoms with Gasteiger partial charge in [0.15, 0.2) is 6.61 Å². The summed E-state index contributed by atoms with van der Waals surface area (Å²) in [6.07, 6.45) is -4.40. The molecule has 0 aliphatic carbocycles. The molecule has 30 heavy (non-hydrogen) atoms. The van der Waals surface area contributed by atoms with Crippen molar-refractivity contribution in [2.24, 2.45) is 0 Å². The average molecular weight is 416 g/mol. The molecular formula is C22H19F3N2O3. The van der Waals surface area contributed by atoms with Gasteiger partial charge in [0.25, 0.3) is 5.91 Å². The van der Waals surface area contributed by atoms with E-state index in [-0.39, 0.29) is 30.7 Å². The lowest BCUT2D eigenvalue weighted by molar-refractivity contribution is -0.153. The van der Waals surface area contributed by atoms with Gasteiger partial charge in [-0.2, -0.15) is 13.2 Å². The maximum Gasteiger partial charge on any atom is 0.422 e. The lowest BCUT2D eigenvalue weighted by Gasteiger charge is -2.10. The Labute approximate surface area is 170 Å². The molecule has 0 saturated carbocycles. The van der Waals surface area contributed by atoms with E-state index >= 15 is 0 Å². The minimum absolute atomic E-state index is 0.0880. The van der Waals surface area contributed by atoms with E-state index < -0.39 is 12.8 Å². The molecule has 0 saturated heterocycles. The topological polar surface area (TPSA) is 67.4 Å². The van der Waals surface area contributed by atoms with Crippen LogP contribution < -0.4 is 15.4 Å². The zero-order valence-electron chi connectivity index (χ0n) is 15.8. The maximum absolute atomic E-state index is 12.3. The molecule has 0 atom stereocenters. The Morgan fingerprint density at radius 2 is 1.57 bits per heavy atom. The molecule has 2 N–H and O–H groups in total. The van der Waals surface area contributed by atoms with Crippen LogP contribution >= 0.6 is 0 Å². The molecule has 0 aromatic heterocycles. The summed E-state index contributed by atoms with van der Waals surface area (Å²) in [5.74, 6) is -0.659. The quantitative estimate of drug-likeness (QED) is 0.615. The predicted molar refractivity (Wildman–Crippen MR) is 106 cm³/mol. The summed E-state index contributed by atoms with van der Waals surface area (Å²) in [5.41, 5.74) is 1.14. The second-order valence-corrected chi connectivity index (χ2v) is 6.57. The molecule has 0 aliphatic heterocycles. The number of ether oxygens (including phenoxy) is 1. The van der Waals surface area contributed by atoms with Gasteiger partial charge in [-0.15, -0.1) is 0 Å².